The van der Waals surface area contributed by atoms with Gasteiger partial charge in [0.15, 0.2) is 0 Å². The fourth-order valence-corrected chi connectivity index (χ4v) is 4.81. The lowest BCUT2D eigenvalue weighted by atomic mass is 10.2. The molecule has 1 amide bonds. The van der Waals surface area contributed by atoms with Crippen LogP contribution in [0.3, 0.4) is 0 Å². The van der Waals surface area contributed by atoms with Gasteiger partial charge in [-0.3, -0.25) is 9.69 Å². The molecule has 0 saturated carbocycles. The van der Waals surface area contributed by atoms with Crippen LogP contribution in [-0.2, 0) is 14.8 Å². The van der Waals surface area contributed by atoms with Gasteiger partial charge in [-0.25, -0.2) is 8.42 Å². The SMILES string of the molecule is CC(=O)Nc1ccc(OCC(O)CN2CCN(S(=O)(=O)c3ccc(C)cc3)CC2)cc1. The highest BCUT2D eigenvalue weighted by Crippen LogP contribution is 2.19. The van der Waals surface area contributed by atoms with Gasteiger partial charge in [-0.2, -0.15) is 4.31 Å². The number of sulfonamides is 1. The summed E-state index contributed by atoms with van der Waals surface area (Å²) in [5.74, 6) is 0.456. The number of hydrogen-bond acceptors (Lipinski definition) is 6. The van der Waals surface area contributed by atoms with Crippen LogP contribution in [0.5, 0.6) is 5.75 Å². The number of nitrogens with one attached hydrogen (secondary N) is 1. The van der Waals surface area contributed by atoms with Crippen molar-refractivity contribution in [1.29, 1.82) is 0 Å². The Morgan fingerprint density at radius 2 is 1.68 bits per heavy atom. The monoisotopic (exact) mass is 447 g/mol. The summed E-state index contributed by atoms with van der Waals surface area (Å²) >= 11 is 0. The summed E-state index contributed by atoms with van der Waals surface area (Å²) in [5.41, 5.74) is 1.70. The average molecular weight is 448 g/mol. The van der Waals surface area contributed by atoms with Crippen LogP contribution < -0.4 is 10.1 Å². The third-order valence-corrected chi connectivity index (χ3v) is 6.99. The van der Waals surface area contributed by atoms with E-state index in [9.17, 15) is 18.3 Å². The quantitative estimate of drug-likeness (QED) is 0.639. The van der Waals surface area contributed by atoms with Crippen LogP contribution in [0.1, 0.15) is 12.5 Å². The summed E-state index contributed by atoms with van der Waals surface area (Å²) in [6.07, 6.45) is -0.699. The zero-order valence-electron chi connectivity index (χ0n) is 17.8. The Balaban J connectivity index is 1.44. The van der Waals surface area contributed by atoms with Crippen molar-refractivity contribution in [3.8, 4) is 5.75 Å². The molecule has 168 valence electrons. The first kappa shape index (κ1) is 23.2. The van der Waals surface area contributed by atoms with Crippen molar-refractivity contribution in [3.63, 3.8) is 0 Å². The Morgan fingerprint density at radius 1 is 1.06 bits per heavy atom. The van der Waals surface area contributed by atoms with Crippen LogP contribution in [0.4, 0.5) is 5.69 Å². The second kappa shape index (κ2) is 10.2. The Hall–Kier alpha value is -2.46. The molecule has 0 aliphatic carbocycles. The number of carbonyl (C=O) groups is 1. The maximum atomic E-state index is 12.8. The number of aliphatic hydroxyl groups excluding tert-OH is 1. The standard InChI is InChI=1S/C22H29N3O5S/c1-17-3-9-22(10-4-17)31(28,29)25-13-11-24(12-14-25)15-20(27)16-30-21-7-5-19(6-8-21)23-18(2)26/h3-10,20,27H,11-16H2,1-2H3,(H,23,26). The van der Waals surface area contributed by atoms with Gasteiger partial charge < -0.3 is 15.2 Å². The van der Waals surface area contributed by atoms with Gasteiger partial charge in [0.2, 0.25) is 15.9 Å². The highest BCUT2D eigenvalue weighted by molar-refractivity contribution is 7.89. The number of β-amino-alcohol motifs (C(OH)–C–C–N with tert-alkyl or cyclic N) is 1. The predicted molar refractivity (Wildman–Crippen MR) is 119 cm³/mol. The van der Waals surface area contributed by atoms with Gasteiger partial charge in [-0.05, 0) is 43.3 Å². The number of carbonyl (C=O) groups excluding carboxylic acids is 1. The molecular formula is C22H29N3O5S. The molecule has 1 fully saturated rings. The maximum absolute atomic E-state index is 12.8. The smallest absolute Gasteiger partial charge is 0.243 e. The minimum absolute atomic E-state index is 0.126. The van der Waals surface area contributed by atoms with Crippen molar-refractivity contribution >= 4 is 21.6 Å². The first-order valence-corrected chi connectivity index (χ1v) is 11.7. The van der Waals surface area contributed by atoms with Crippen molar-refractivity contribution in [1.82, 2.24) is 9.21 Å². The number of nitrogens with zero attached hydrogens (tertiary/aromatic N) is 2. The summed E-state index contributed by atoms with van der Waals surface area (Å²) in [4.78, 5) is 13.4. The third-order valence-electron chi connectivity index (χ3n) is 5.08. The average Bonchev–Trinajstić information content (AvgIpc) is 2.73. The molecule has 1 unspecified atom stereocenters. The summed E-state index contributed by atoms with van der Waals surface area (Å²) in [6, 6.07) is 13.8. The largest absolute Gasteiger partial charge is 0.491 e. The molecule has 8 nitrogen and oxygen atoms in total. The minimum Gasteiger partial charge on any atom is -0.491 e. The van der Waals surface area contributed by atoms with Gasteiger partial charge in [0.1, 0.15) is 18.5 Å². The number of rotatable bonds is 8. The molecule has 0 bridgehead atoms. The van der Waals surface area contributed by atoms with Crippen LogP contribution in [0, 0.1) is 6.92 Å². The second-order valence-electron chi connectivity index (χ2n) is 7.69. The number of ether oxygens (including phenoxy) is 1. The van der Waals surface area contributed by atoms with E-state index in [1.54, 1.807) is 48.5 Å². The van der Waals surface area contributed by atoms with Crippen molar-refractivity contribution in [2.24, 2.45) is 0 Å². The second-order valence-corrected chi connectivity index (χ2v) is 9.63. The van der Waals surface area contributed by atoms with Gasteiger partial charge in [0.05, 0.1) is 4.90 Å². The normalized spacial score (nSPS) is 16.6. The molecule has 2 aromatic rings. The van der Waals surface area contributed by atoms with Gasteiger partial charge in [0.25, 0.3) is 0 Å². The number of piperazine rings is 1. The molecule has 1 atom stereocenters. The molecule has 0 radical (unpaired) electrons. The number of hydrogen-bond donors (Lipinski definition) is 2. The number of anilines is 1. The predicted octanol–water partition coefficient (Wildman–Crippen LogP) is 1.70. The highest BCUT2D eigenvalue weighted by atomic mass is 32.2. The van der Waals surface area contributed by atoms with Gasteiger partial charge in [0, 0.05) is 45.3 Å². The van der Waals surface area contributed by atoms with Crippen LogP contribution in [0.2, 0.25) is 0 Å². The van der Waals surface area contributed by atoms with Crippen LogP contribution in [0.15, 0.2) is 53.4 Å². The fraction of sp³-hybridized carbons (Fsp3) is 0.409. The Bertz CT molecular complexity index is 969. The van der Waals surface area contributed by atoms with Crippen LogP contribution >= 0.6 is 0 Å². The van der Waals surface area contributed by atoms with Gasteiger partial charge in [-0.1, -0.05) is 17.7 Å². The van der Waals surface area contributed by atoms with Crippen molar-refractivity contribution in [3.05, 3.63) is 54.1 Å². The lowest BCUT2D eigenvalue weighted by Gasteiger charge is -2.34. The van der Waals surface area contributed by atoms with E-state index in [-0.39, 0.29) is 12.5 Å². The molecule has 0 spiro atoms. The molecule has 2 N–H and O–H groups in total. The topological polar surface area (TPSA) is 99.2 Å². The molecule has 1 aliphatic rings. The van der Waals surface area contributed by atoms with E-state index < -0.39 is 16.1 Å². The fourth-order valence-electron chi connectivity index (χ4n) is 3.39. The molecule has 1 aliphatic heterocycles. The molecule has 0 aromatic heterocycles. The zero-order valence-corrected chi connectivity index (χ0v) is 18.6. The molecule has 31 heavy (non-hydrogen) atoms. The summed E-state index contributed by atoms with van der Waals surface area (Å²) in [5, 5.41) is 13.0. The molecule has 9 heteroatoms. The van der Waals surface area contributed by atoms with Crippen LogP contribution in [-0.4, -0.2) is 74.1 Å². The Kier molecular flexibility index (Phi) is 7.66. The van der Waals surface area contributed by atoms with E-state index in [2.05, 4.69) is 5.32 Å². The molecule has 3 rings (SSSR count). The Morgan fingerprint density at radius 3 is 2.26 bits per heavy atom. The maximum Gasteiger partial charge on any atom is 0.243 e. The molecule has 1 heterocycles. The summed E-state index contributed by atoms with van der Waals surface area (Å²) in [6.45, 7) is 5.76. The lowest BCUT2D eigenvalue weighted by molar-refractivity contribution is -0.114. The third kappa shape index (κ3) is 6.51. The molecular weight excluding hydrogens is 418 g/mol. The highest BCUT2D eigenvalue weighted by Gasteiger charge is 2.29. The van der Waals surface area contributed by atoms with Gasteiger partial charge in [-0.15, -0.1) is 0 Å². The van der Waals surface area contributed by atoms with Gasteiger partial charge >= 0.3 is 0 Å². The number of aryl methyl sites for hydroxylation is 1. The van der Waals surface area contributed by atoms with E-state index in [0.29, 0.717) is 49.1 Å². The molecule has 2 aromatic carbocycles. The Labute approximate surface area is 183 Å². The number of benzene rings is 2. The van der Waals surface area contributed by atoms with E-state index in [1.807, 2.05) is 11.8 Å². The van der Waals surface area contributed by atoms with E-state index in [0.717, 1.165) is 5.56 Å². The number of amides is 1. The van der Waals surface area contributed by atoms with E-state index in [4.69, 9.17) is 4.74 Å². The first-order chi connectivity index (χ1) is 14.7. The molecule has 1 saturated heterocycles. The summed E-state index contributed by atoms with van der Waals surface area (Å²) < 4.78 is 32.7. The first-order valence-electron chi connectivity index (χ1n) is 10.2. The van der Waals surface area contributed by atoms with Crippen LogP contribution in [0.25, 0.3) is 0 Å². The van der Waals surface area contributed by atoms with Crippen molar-refractivity contribution < 1.29 is 23.1 Å². The summed E-state index contributed by atoms with van der Waals surface area (Å²) in [7, 11) is -3.49. The van der Waals surface area contributed by atoms with Crippen molar-refractivity contribution in [2.75, 3.05) is 44.6 Å². The number of aliphatic hydroxyl groups is 1. The minimum atomic E-state index is -3.49. The van der Waals surface area contributed by atoms with E-state index >= 15 is 0 Å². The van der Waals surface area contributed by atoms with Crippen molar-refractivity contribution in [2.45, 2.75) is 24.8 Å². The lowest BCUT2D eigenvalue weighted by Crippen LogP contribution is -2.50. The van der Waals surface area contributed by atoms with E-state index in [1.165, 1.54) is 11.2 Å². The zero-order chi connectivity index (χ0) is 22.4.